The summed E-state index contributed by atoms with van der Waals surface area (Å²) in [6.45, 7) is 12.8. The molecule has 0 unspecified atom stereocenters. The molecule has 1 aliphatic carbocycles. The lowest BCUT2D eigenvalue weighted by atomic mass is 10.1. The van der Waals surface area contributed by atoms with Gasteiger partial charge in [0.05, 0.1) is 6.10 Å². The lowest BCUT2D eigenvalue weighted by molar-refractivity contribution is -0.0311. The second kappa shape index (κ2) is 7.45. The summed E-state index contributed by atoms with van der Waals surface area (Å²) in [5.41, 5.74) is 2.24. The second-order valence-corrected chi connectivity index (χ2v) is 7.72. The van der Waals surface area contributed by atoms with Crippen LogP contribution in [0.2, 0.25) is 0 Å². The number of rotatable bonds is 5. The van der Waals surface area contributed by atoms with E-state index in [0.717, 1.165) is 12.8 Å². The van der Waals surface area contributed by atoms with Gasteiger partial charge in [-0.05, 0) is 54.4 Å². The predicted molar refractivity (Wildman–Crippen MR) is 84.0 cm³/mol. The van der Waals surface area contributed by atoms with E-state index in [1.54, 1.807) is 4.90 Å². The molecule has 0 aromatic carbocycles. The standard InChI is InChI=1S/C16H32N2O3/c1-15(2,3)18(14(19)20-16(4,5)6)12-11-17-21-13-9-7-8-10-13/h13,17H,7-12H2,1-6H3. The number of hydrogen-bond acceptors (Lipinski definition) is 4. The summed E-state index contributed by atoms with van der Waals surface area (Å²) in [6.07, 6.45) is 4.80. The van der Waals surface area contributed by atoms with Crippen molar-refractivity contribution >= 4 is 6.09 Å². The fraction of sp³-hybridized carbons (Fsp3) is 0.938. The smallest absolute Gasteiger partial charge is 0.410 e. The number of nitrogens with zero attached hydrogens (tertiary/aromatic N) is 1. The van der Waals surface area contributed by atoms with Gasteiger partial charge in [-0.15, -0.1) is 0 Å². The highest BCUT2D eigenvalue weighted by atomic mass is 16.7. The number of amides is 1. The third-order valence-corrected chi connectivity index (χ3v) is 3.41. The van der Waals surface area contributed by atoms with E-state index in [1.165, 1.54) is 12.8 Å². The Morgan fingerprint density at radius 1 is 1.14 bits per heavy atom. The van der Waals surface area contributed by atoms with Crippen LogP contribution in [0, 0.1) is 0 Å². The third kappa shape index (κ3) is 7.14. The van der Waals surface area contributed by atoms with E-state index >= 15 is 0 Å². The summed E-state index contributed by atoms with van der Waals surface area (Å²) < 4.78 is 5.48. The largest absolute Gasteiger partial charge is 0.444 e. The highest BCUT2D eigenvalue weighted by Crippen LogP contribution is 2.20. The van der Waals surface area contributed by atoms with Crippen molar-refractivity contribution in [3.05, 3.63) is 0 Å². The quantitative estimate of drug-likeness (QED) is 0.624. The summed E-state index contributed by atoms with van der Waals surface area (Å²) in [6, 6.07) is 0. The molecular formula is C16H32N2O3. The molecule has 21 heavy (non-hydrogen) atoms. The number of ether oxygens (including phenoxy) is 1. The van der Waals surface area contributed by atoms with Crippen LogP contribution in [-0.2, 0) is 9.57 Å². The summed E-state index contributed by atoms with van der Waals surface area (Å²) in [5.74, 6) is 0. The van der Waals surface area contributed by atoms with Crippen LogP contribution in [0.3, 0.4) is 0 Å². The van der Waals surface area contributed by atoms with E-state index in [1.807, 2.05) is 41.5 Å². The van der Waals surface area contributed by atoms with E-state index in [4.69, 9.17) is 9.57 Å². The Kier molecular flexibility index (Phi) is 6.47. The van der Waals surface area contributed by atoms with Crippen molar-refractivity contribution < 1.29 is 14.4 Å². The Bertz CT molecular complexity index is 325. The van der Waals surface area contributed by atoms with E-state index < -0.39 is 5.60 Å². The van der Waals surface area contributed by atoms with Crippen molar-refractivity contribution in [2.45, 2.75) is 84.5 Å². The Morgan fingerprint density at radius 2 is 1.71 bits per heavy atom. The van der Waals surface area contributed by atoms with Gasteiger partial charge >= 0.3 is 6.09 Å². The lowest BCUT2D eigenvalue weighted by Crippen LogP contribution is -2.50. The van der Waals surface area contributed by atoms with Gasteiger partial charge in [-0.25, -0.2) is 10.3 Å². The molecule has 1 N–H and O–H groups in total. The summed E-state index contributed by atoms with van der Waals surface area (Å²) in [7, 11) is 0. The Balaban J connectivity index is 2.41. The first kappa shape index (κ1) is 18.2. The number of hydrogen-bond donors (Lipinski definition) is 1. The maximum atomic E-state index is 12.3. The average molecular weight is 300 g/mol. The lowest BCUT2D eigenvalue weighted by Gasteiger charge is -2.36. The van der Waals surface area contributed by atoms with E-state index in [2.05, 4.69) is 5.48 Å². The van der Waals surface area contributed by atoms with Crippen LogP contribution in [0.5, 0.6) is 0 Å². The van der Waals surface area contributed by atoms with Crippen LogP contribution in [-0.4, -0.2) is 41.3 Å². The maximum absolute atomic E-state index is 12.3. The second-order valence-electron chi connectivity index (χ2n) is 7.72. The number of carbonyl (C=O) groups is 1. The zero-order valence-electron chi connectivity index (χ0n) is 14.5. The molecular weight excluding hydrogens is 268 g/mol. The first-order valence-corrected chi connectivity index (χ1v) is 7.99. The fourth-order valence-corrected chi connectivity index (χ4v) is 2.36. The molecule has 1 saturated carbocycles. The molecule has 0 atom stereocenters. The van der Waals surface area contributed by atoms with Gasteiger partial charge in [0, 0.05) is 18.6 Å². The first-order valence-electron chi connectivity index (χ1n) is 7.99. The van der Waals surface area contributed by atoms with Gasteiger partial charge in [-0.2, -0.15) is 0 Å². The van der Waals surface area contributed by atoms with E-state index in [-0.39, 0.29) is 11.6 Å². The van der Waals surface area contributed by atoms with Crippen molar-refractivity contribution in [3.8, 4) is 0 Å². The molecule has 0 heterocycles. The monoisotopic (exact) mass is 300 g/mol. The Labute approximate surface area is 129 Å². The summed E-state index contributed by atoms with van der Waals surface area (Å²) >= 11 is 0. The molecule has 1 amide bonds. The van der Waals surface area contributed by atoms with Crippen molar-refractivity contribution in [2.75, 3.05) is 13.1 Å². The highest BCUT2D eigenvalue weighted by Gasteiger charge is 2.30. The van der Waals surface area contributed by atoms with Gasteiger partial charge < -0.3 is 9.64 Å². The topological polar surface area (TPSA) is 50.8 Å². The van der Waals surface area contributed by atoms with Crippen LogP contribution in [0.15, 0.2) is 0 Å². The van der Waals surface area contributed by atoms with Crippen LogP contribution in [0.1, 0.15) is 67.2 Å². The van der Waals surface area contributed by atoms with Gasteiger partial charge in [0.25, 0.3) is 0 Å². The molecule has 5 nitrogen and oxygen atoms in total. The van der Waals surface area contributed by atoms with Crippen LogP contribution >= 0.6 is 0 Å². The van der Waals surface area contributed by atoms with Crippen LogP contribution < -0.4 is 5.48 Å². The normalized spacial score (nSPS) is 17.0. The Hall–Kier alpha value is -0.810. The van der Waals surface area contributed by atoms with Gasteiger partial charge in [0.15, 0.2) is 0 Å². The summed E-state index contributed by atoms with van der Waals surface area (Å²) in [5, 5.41) is 0. The molecule has 0 radical (unpaired) electrons. The van der Waals surface area contributed by atoms with E-state index in [0.29, 0.717) is 19.2 Å². The van der Waals surface area contributed by atoms with E-state index in [9.17, 15) is 4.79 Å². The number of hydroxylamine groups is 1. The molecule has 0 saturated heterocycles. The summed E-state index contributed by atoms with van der Waals surface area (Å²) in [4.78, 5) is 19.6. The Morgan fingerprint density at radius 3 is 2.19 bits per heavy atom. The number of carbonyl (C=O) groups excluding carboxylic acids is 1. The molecule has 1 fully saturated rings. The molecule has 0 aliphatic heterocycles. The minimum atomic E-state index is -0.478. The van der Waals surface area contributed by atoms with Crippen molar-refractivity contribution in [1.29, 1.82) is 0 Å². The molecule has 1 rings (SSSR count). The fourth-order valence-electron chi connectivity index (χ4n) is 2.36. The molecule has 0 bridgehead atoms. The zero-order chi connectivity index (χ0) is 16.1. The van der Waals surface area contributed by atoms with Crippen molar-refractivity contribution in [3.63, 3.8) is 0 Å². The van der Waals surface area contributed by atoms with Gasteiger partial charge in [0.1, 0.15) is 5.60 Å². The predicted octanol–water partition coefficient (Wildman–Crippen LogP) is 3.49. The molecule has 5 heteroatoms. The van der Waals surface area contributed by atoms with Crippen LogP contribution in [0.4, 0.5) is 4.79 Å². The third-order valence-electron chi connectivity index (χ3n) is 3.41. The average Bonchev–Trinajstić information content (AvgIpc) is 2.77. The maximum Gasteiger partial charge on any atom is 0.410 e. The van der Waals surface area contributed by atoms with Gasteiger partial charge in [0.2, 0.25) is 0 Å². The minimum Gasteiger partial charge on any atom is -0.444 e. The van der Waals surface area contributed by atoms with Gasteiger partial charge in [-0.1, -0.05) is 12.8 Å². The molecule has 124 valence electrons. The van der Waals surface area contributed by atoms with Crippen molar-refractivity contribution in [1.82, 2.24) is 10.4 Å². The number of nitrogens with one attached hydrogen (secondary N) is 1. The zero-order valence-corrected chi connectivity index (χ0v) is 14.5. The van der Waals surface area contributed by atoms with Gasteiger partial charge in [-0.3, -0.25) is 4.84 Å². The minimum absolute atomic E-state index is 0.280. The first-order chi connectivity index (χ1) is 9.59. The molecule has 0 aromatic rings. The highest BCUT2D eigenvalue weighted by molar-refractivity contribution is 5.69. The molecule has 0 aromatic heterocycles. The van der Waals surface area contributed by atoms with Crippen molar-refractivity contribution in [2.24, 2.45) is 0 Å². The van der Waals surface area contributed by atoms with Crippen LogP contribution in [0.25, 0.3) is 0 Å². The molecule has 1 aliphatic rings. The molecule has 0 spiro atoms. The SMILES string of the molecule is CC(C)(C)OC(=O)N(CCNOC1CCCC1)C(C)(C)C.